The summed E-state index contributed by atoms with van der Waals surface area (Å²) in [5.74, 6) is 0.636. The van der Waals surface area contributed by atoms with Crippen molar-refractivity contribution in [2.75, 3.05) is 0 Å². The van der Waals surface area contributed by atoms with E-state index in [2.05, 4.69) is 9.97 Å². The number of hydrogen-bond acceptors (Lipinski definition) is 5. The second-order valence-corrected chi connectivity index (χ2v) is 7.77. The van der Waals surface area contributed by atoms with Crippen LogP contribution >= 0.6 is 11.8 Å². The van der Waals surface area contributed by atoms with E-state index in [1.165, 1.54) is 28.5 Å². The number of hydrogen-bond donors (Lipinski definition) is 0. The largest absolute Gasteiger partial charge is 0.444 e. The monoisotopic (exact) mass is 429 g/mol. The highest BCUT2D eigenvalue weighted by Gasteiger charge is 2.15. The van der Waals surface area contributed by atoms with Crippen molar-refractivity contribution in [2.24, 2.45) is 0 Å². The van der Waals surface area contributed by atoms with Gasteiger partial charge in [-0.25, -0.2) is 14.4 Å². The number of nitrogens with zero attached hydrogens (tertiary/aromatic N) is 3. The van der Waals surface area contributed by atoms with Crippen molar-refractivity contribution in [1.82, 2.24) is 14.5 Å². The zero-order valence-corrected chi connectivity index (χ0v) is 17.1. The number of benzene rings is 3. The Morgan fingerprint density at radius 2 is 1.65 bits per heavy atom. The minimum atomic E-state index is -0.365. The molecule has 0 radical (unpaired) electrons. The molecule has 5 nitrogen and oxygen atoms in total. The van der Waals surface area contributed by atoms with Crippen molar-refractivity contribution in [3.63, 3.8) is 0 Å². The number of oxazole rings is 1. The van der Waals surface area contributed by atoms with E-state index in [1.807, 2.05) is 36.4 Å². The van der Waals surface area contributed by atoms with Crippen molar-refractivity contribution < 1.29 is 8.81 Å². The topological polar surface area (TPSA) is 60.9 Å². The Kier molecular flexibility index (Phi) is 5.09. The van der Waals surface area contributed by atoms with Gasteiger partial charge < -0.3 is 4.42 Å². The van der Waals surface area contributed by atoms with Crippen LogP contribution in [0, 0.1) is 5.82 Å². The average Bonchev–Trinajstić information content (AvgIpc) is 3.28. The molecule has 0 saturated carbocycles. The SMILES string of the molecule is O=c1c2ccccc2nc(SCc2coc(-c3ccccc3)n2)n1-c1ccc(F)cc1. The Labute approximate surface area is 181 Å². The van der Waals surface area contributed by atoms with E-state index in [-0.39, 0.29) is 11.4 Å². The normalized spacial score (nSPS) is 11.1. The van der Waals surface area contributed by atoms with Crippen molar-refractivity contribution >= 4 is 22.7 Å². The lowest BCUT2D eigenvalue weighted by atomic mass is 10.2. The molecule has 0 bridgehead atoms. The first-order valence-electron chi connectivity index (χ1n) is 9.59. The van der Waals surface area contributed by atoms with E-state index in [0.29, 0.717) is 33.4 Å². The standard InChI is InChI=1S/C24H16FN3O2S/c25-17-10-12-19(13-11-17)28-23(29)20-8-4-5-9-21(20)27-24(28)31-15-18-14-30-22(26-18)16-6-2-1-3-7-16/h1-14H,15H2. The summed E-state index contributed by atoms with van der Waals surface area (Å²) in [4.78, 5) is 22.4. The molecule has 0 N–H and O–H groups in total. The van der Waals surface area contributed by atoms with Gasteiger partial charge in [0.1, 0.15) is 12.1 Å². The molecule has 0 spiro atoms. The van der Waals surface area contributed by atoms with Gasteiger partial charge in [-0.15, -0.1) is 0 Å². The number of rotatable bonds is 5. The molecule has 3 aromatic carbocycles. The van der Waals surface area contributed by atoms with Crippen molar-refractivity contribution in [3.8, 4) is 17.1 Å². The predicted molar refractivity (Wildman–Crippen MR) is 119 cm³/mol. The molecule has 0 aliphatic carbocycles. The van der Waals surface area contributed by atoms with Gasteiger partial charge in [-0.2, -0.15) is 0 Å². The maximum Gasteiger partial charge on any atom is 0.266 e. The van der Waals surface area contributed by atoms with Crippen LogP contribution in [0.1, 0.15) is 5.69 Å². The number of halogens is 1. The summed E-state index contributed by atoms with van der Waals surface area (Å²) < 4.78 is 20.6. The van der Waals surface area contributed by atoms with E-state index < -0.39 is 0 Å². The van der Waals surface area contributed by atoms with Gasteiger partial charge >= 0.3 is 0 Å². The van der Waals surface area contributed by atoms with Crippen molar-refractivity contribution in [3.05, 3.63) is 107 Å². The second kappa shape index (κ2) is 8.20. The van der Waals surface area contributed by atoms with Crippen LogP contribution < -0.4 is 5.56 Å². The van der Waals surface area contributed by atoms with Gasteiger partial charge in [0.15, 0.2) is 5.16 Å². The van der Waals surface area contributed by atoms with Crippen LogP contribution in [0.2, 0.25) is 0 Å². The summed E-state index contributed by atoms with van der Waals surface area (Å²) in [5.41, 5.74) is 2.59. The molecule has 31 heavy (non-hydrogen) atoms. The highest BCUT2D eigenvalue weighted by molar-refractivity contribution is 7.98. The molecular formula is C24H16FN3O2S. The zero-order valence-electron chi connectivity index (χ0n) is 16.2. The Balaban J connectivity index is 1.52. The quantitative estimate of drug-likeness (QED) is 0.274. The summed E-state index contributed by atoms with van der Waals surface area (Å²) in [6.07, 6.45) is 1.61. The minimum absolute atomic E-state index is 0.204. The fourth-order valence-electron chi connectivity index (χ4n) is 3.25. The molecule has 0 aliphatic rings. The Morgan fingerprint density at radius 1 is 0.903 bits per heavy atom. The number of aromatic nitrogens is 3. The van der Waals surface area contributed by atoms with Crippen LogP contribution in [0.25, 0.3) is 28.0 Å². The number of para-hydroxylation sites is 1. The highest BCUT2D eigenvalue weighted by Crippen LogP contribution is 2.26. The number of thioether (sulfide) groups is 1. The molecule has 0 amide bonds. The third-order valence-corrected chi connectivity index (χ3v) is 5.72. The Morgan fingerprint density at radius 3 is 2.45 bits per heavy atom. The van der Waals surface area contributed by atoms with Crippen LogP contribution in [-0.2, 0) is 5.75 Å². The lowest BCUT2D eigenvalue weighted by molar-refractivity contribution is 0.573. The van der Waals surface area contributed by atoms with Crippen LogP contribution in [-0.4, -0.2) is 14.5 Å². The Bertz CT molecular complexity index is 1410. The van der Waals surface area contributed by atoms with Crippen molar-refractivity contribution in [1.29, 1.82) is 0 Å². The summed E-state index contributed by atoms with van der Waals surface area (Å²) in [6, 6.07) is 22.6. The maximum absolute atomic E-state index is 13.4. The molecule has 2 aromatic heterocycles. The van der Waals surface area contributed by atoms with Gasteiger partial charge in [0.05, 0.1) is 22.3 Å². The van der Waals surface area contributed by atoms with E-state index in [0.717, 1.165) is 11.3 Å². The first-order valence-corrected chi connectivity index (χ1v) is 10.6. The van der Waals surface area contributed by atoms with Crippen molar-refractivity contribution in [2.45, 2.75) is 10.9 Å². The smallest absolute Gasteiger partial charge is 0.266 e. The lowest BCUT2D eigenvalue weighted by Crippen LogP contribution is -2.21. The van der Waals surface area contributed by atoms with Gasteiger partial charge in [0.2, 0.25) is 5.89 Å². The van der Waals surface area contributed by atoms with Crippen LogP contribution in [0.4, 0.5) is 4.39 Å². The lowest BCUT2D eigenvalue weighted by Gasteiger charge is -2.12. The Hall–Kier alpha value is -3.71. The molecule has 5 aromatic rings. The molecular weight excluding hydrogens is 413 g/mol. The van der Waals surface area contributed by atoms with E-state index in [9.17, 15) is 9.18 Å². The van der Waals surface area contributed by atoms with Crippen LogP contribution in [0.5, 0.6) is 0 Å². The molecule has 0 atom stereocenters. The van der Waals surface area contributed by atoms with E-state index >= 15 is 0 Å². The molecule has 7 heteroatoms. The van der Waals surface area contributed by atoms with Gasteiger partial charge in [-0.05, 0) is 48.5 Å². The summed E-state index contributed by atoms with van der Waals surface area (Å²) in [6.45, 7) is 0. The molecule has 152 valence electrons. The number of fused-ring (bicyclic) bond motifs is 1. The zero-order chi connectivity index (χ0) is 21.2. The molecule has 2 heterocycles. The predicted octanol–water partition coefficient (Wildman–Crippen LogP) is 5.47. The van der Waals surface area contributed by atoms with Gasteiger partial charge in [0.25, 0.3) is 5.56 Å². The summed E-state index contributed by atoms with van der Waals surface area (Å²) >= 11 is 1.37. The summed E-state index contributed by atoms with van der Waals surface area (Å²) in [7, 11) is 0. The first kappa shape index (κ1) is 19.3. The molecule has 0 saturated heterocycles. The maximum atomic E-state index is 13.4. The highest BCUT2D eigenvalue weighted by atomic mass is 32.2. The van der Waals surface area contributed by atoms with E-state index in [1.54, 1.807) is 36.6 Å². The average molecular weight is 429 g/mol. The third kappa shape index (κ3) is 3.87. The van der Waals surface area contributed by atoms with Crippen LogP contribution in [0.15, 0.2) is 99.5 Å². The fraction of sp³-hybridized carbons (Fsp3) is 0.0417. The first-order chi connectivity index (χ1) is 15.2. The van der Waals surface area contributed by atoms with Gasteiger partial charge in [0, 0.05) is 11.3 Å². The van der Waals surface area contributed by atoms with Crippen LogP contribution in [0.3, 0.4) is 0 Å². The van der Waals surface area contributed by atoms with Gasteiger partial charge in [-0.1, -0.05) is 42.1 Å². The van der Waals surface area contributed by atoms with E-state index in [4.69, 9.17) is 4.42 Å². The minimum Gasteiger partial charge on any atom is -0.444 e. The van der Waals surface area contributed by atoms with Gasteiger partial charge in [-0.3, -0.25) is 9.36 Å². The fourth-order valence-corrected chi connectivity index (χ4v) is 4.14. The molecule has 0 unspecified atom stereocenters. The molecule has 0 aliphatic heterocycles. The molecule has 5 rings (SSSR count). The molecule has 0 fully saturated rings. The second-order valence-electron chi connectivity index (χ2n) is 6.83. The third-order valence-electron chi connectivity index (χ3n) is 4.75. The summed E-state index contributed by atoms with van der Waals surface area (Å²) in [5, 5.41) is 1.00.